The molecule has 0 bridgehead atoms. The van der Waals surface area contributed by atoms with Gasteiger partial charge in [0.25, 0.3) is 0 Å². The van der Waals surface area contributed by atoms with Gasteiger partial charge in [-0.3, -0.25) is 0 Å². The Kier molecular flexibility index (Phi) is 7.07. The summed E-state index contributed by atoms with van der Waals surface area (Å²) in [4.78, 5) is 2.34. The topological polar surface area (TPSA) is 3.24 Å². The molecule has 0 aliphatic heterocycles. The van der Waals surface area contributed by atoms with Gasteiger partial charge in [0.2, 0.25) is 0 Å². The second-order valence-corrected chi connectivity index (χ2v) is 13.3. The highest BCUT2D eigenvalue weighted by molar-refractivity contribution is 7.26. The minimum absolute atomic E-state index is 1.12. The van der Waals surface area contributed by atoms with Gasteiger partial charge in [-0.2, -0.15) is 0 Å². The molecule has 0 fully saturated rings. The fourth-order valence-electron chi connectivity index (χ4n) is 6.86. The summed E-state index contributed by atoms with van der Waals surface area (Å²) in [5.74, 6) is 0. The molecule has 2 heteroatoms. The molecule has 9 aromatic rings. The zero-order valence-electron chi connectivity index (χ0n) is 26.3. The molecule has 0 amide bonds. The smallest absolute Gasteiger partial charge is 0.0467 e. The monoisotopic (exact) mass is 629 g/mol. The number of thiophene rings is 1. The maximum absolute atomic E-state index is 2.37. The van der Waals surface area contributed by atoms with E-state index >= 15 is 0 Å². The van der Waals surface area contributed by atoms with Gasteiger partial charge in [0.1, 0.15) is 0 Å². The van der Waals surface area contributed by atoms with Gasteiger partial charge in [-0.05, 0) is 98.8 Å². The lowest BCUT2D eigenvalue weighted by Crippen LogP contribution is -2.09. The van der Waals surface area contributed by atoms with Crippen molar-refractivity contribution in [2.24, 2.45) is 0 Å². The Hall–Kier alpha value is -5.96. The van der Waals surface area contributed by atoms with Crippen LogP contribution in [-0.4, -0.2) is 0 Å². The van der Waals surface area contributed by atoms with Crippen molar-refractivity contribution < 1.29 is 0 Å². The molecular formula is C46H31NS. The van der Waals surface area contributed by atoms with Crippen LogP contribution in [-0.2, 0) is 0 Å². The van der Waals surface area contributed by atoms with Gasteiger partial charge in [0.05, 0.1) is 0 Å². The van der Waals surface area contributed by atoms with Gasteiger partial charge in [-0.1, -0.05) is 133 Å². The third kappa shape index (κ3) is 5.13. The average Bonchev–Trinajstić information content (AvgIpc) is 3.55. The fraction of sp³-hybridized carbons (Fsp3) is 0. The molecule has 1 heterocycles. The minimum Gasteiger partial charge on any atom is -0.310 e. The Balaban J connectivity index is 1.08. The fourth-order valence-corrected chi connectivity index (χ4v) is 7.97. The number of fused-ring (bicyclic) bond motifs is 5. The van der Waals surface area contributed by atoms with Crippen molar-refractivity contribution in [2.75, 3.05) is 4.90 Å². The van der Waals surface area contributed by atoms with E-state index in [1.54, 1.807) is 0 Å². The van der Waals surface area contributed by atoms with Crippen LogP contribution in [0.25, 0.3) is 64.3 Å². The maximum atomic E-state index is 2.37. The van der Waals surface area contributed by atoms with Gasteiger partial charge in [0.15, 0.2) is 0 Å². The molecule has 0 aliphatic rings. The van der Waals surface area contributed by atoms with Crippen LogP contribution >= 0.6 is 11.3 Å². The van der Waals surface area contributed by atoms with E-state index in [0.29, 0.717) is 0 Å². The Morgan fingerprint density at radius 3 is 1.60 bits per heavy atom. The third-order valence-corrected chi connectivity index (χ3v) is 10.4. The predicted octanol–water partition coefficient (Wildman–Crippen LogP) is 13.7. The lowest BCUT2D eigenvalue weighted by Gasteiger charge is -2.26. The van der Waals surface area contributed by atoms with Crippen LogP contribution in [0.15, 0.2) is 188 Å². The first-order chi connectivity index (χ1) is 23.8. The number of hydrogen-bond donors (Lipinski definition) is 0. The van der Waals surface area contributed by atoms with E-state index in [2.05, 4.69) is 193 Å². The number of anilines is 3. The number of rotatable bonds is 6. The van der Waals surface area contributed by atoms with E-state index in [0.717, 1.165) is 17.1 Å². The highest BCUT2D eigenvalue weighted by Gasteiger charge is 2.15. The second-order valence-electron chi connectivity index (χ2n) is 12.2. The summed E-state index contributed by atoms with van der Waals surface area (Å²) in [7, 11) is 0. The van der Waals surface area contributed by atoms with Gasteiger partial charge >= 0.3 is 0 Å². The van der Waals surface area contributed by atoms with E-state index in [1.165, 1.54) is 64.3 Å². The molecule has 0 radical (unpaired) electrons. The Labute approximate surface area is 284 Å². The summed E-state index contributed by atoms with van der Waals surface area (Å²) in [5, 5.41) is 5.29. The van der Waals surface area contributed by atoms with Crippen LogP contribution in [0.4, 0.5) is 17.1 Å². The molecule has 48 heavy (non-hydrogen) atoms. The Bertz CT molecular complexity index is 2530. The van der Waals surface area contributed by atoms with Crippen LogP contribution in [0.5, 0.6) is 0 Å². The predicted molar refractivity (Wildman–Crippen MR) is 208 cm³/mol. The van der Waals surface area contributed by atoms with E-state index in [4.69, 9.17) is 0 Å². The SMILES string of the molecule is c1ccc(-c2ccc(-c3cccc(N(c4ccccc4)c4ccc(-c5ccc6sc7ccc8ccccc8c7c6c5)cc4)c3)cc2)cc1. The van der Waals surface area contributed by atoms with Crippen molar-refractivity contribution >= 4 is 59.3 Å². The van der Waals surface area contributed by atoms with Gasteiger partial charge in [-0.25, -0.2) is 0 Å². The van der Waals surface area contributed by atoms with Crippen molar-refractivity contribution in [1.82, 2.24) is 0 Å². The quantitative estimate of drug-likeness (QED) is 0.177. The van der Waals surface area contributed by atoms with E-state index in [9.17, 15) is 0 Å². The lowest BCUT2D eigenvalue weighted by atomic mass is 9.99. The number of benzene rings is 8. The van der Waals surface area contributed by atoms with Crippen LogP contribution < -0.4 is 4.90 Å². The standard InChI is InChI=1S/C46H31NS/c1-3-10-32(11-4-1)33-18-20-34(21-19-33)37-13-9-16-41(30-37)47(39-14-5-2-6-15-39)40-26-22-35(23-27-40)38-25-28-44-43(31-38)46-42-17-8-7-12-36(42)24-29-45(46)48-44/h1-31H. The normalized spacial score (nSPS) is 11.3. The lowest BCUT2D eigenvalue weighted by molar-refractivity contribution is 1.28. The van der Waals surface area contributed by atoms with Gasteiger partial charge in [0, 0.05) is 37.2 Å². The molecule has 0 aliphatic carbocycles. The highest BCUT2D eigenvalue weighted by Crippen LogP contribution is 2.41. The highest BCUT2D eigenvalue weighted by atomic mass is 32.1. The number of para-hydroxylation sites is 1. The summed E-state index contributed by atoms with van der Waals surface area (Å²) < 4.78 is 2.66. The molecule has 0 atom stereocenters. The summed E-state index contributed by atoms with van der Waals surface area (Å²) in [6, 6.07) is 68.0. The molecule has 8 aromatic carbocycles. The zero-order chi connectivity index (χ0) is 31.9. The second kappa shape index (κ2) is 12.0. The molecule has 0 saturated heterocycles. The molecule has 0 N–H and O–H groups in total. The van der Waals surface area contributed by atoms with Crippen LogP contribution in [0.2, 0.25) is 0 Å². The summed E-state index contributed by atoms with van der Waals surface area (Å²) in [6.45, 7) is 0. The van der Waals surface area contributed by atoms with Gasteiger partial charge < -0.3 is 4.90 Å². The third-order valence-electron chi connectivity index (χ3n) is 9.26. The molecule has 9 rings (SSSR count). The number of nitrogens with zero attached hydrogens (tertiary/aromatic N) is 1. The molecule has 0 spiro atoms. The van der Waals surface area contributed by atoms with Crippen molar-refractivity contribution in [3.05, 3.63) is 188 Å². The molecule has 1 nitrogen and oxygen atoms in total. The van der Waals surface area contributed by atoms with Crippen LogP contribution in [0, 0.1) is 0 Å². The Morgan fingerprint density at radius 1 is 0.312 bits per heavy atom. The van der Waals surface area contributed by atoms with E-state index in [1.807, 2.05) is 11.3 Å². The first kappa shape index (κ1) is 28.3. The largest absolute Gasteiger partial charge is 0.310 e. The average molecular weight is 630 g/mol. The van der Waals surface area contributed by atoms with Crippen molar-refractivity contribution in [1.29, 1.82) is 0 Å². The minimum atomic E-state index is 1.12. The van der Waals surface area contributed by atoms with Crippen molar-refractivity contribution in [2.45, 2.75) is 0 Å². The maximum Gasteiger partial charge on any atom is 0.0467 e. The van der Waals surface area contributed by atoms with E-state index < -0.39 is 0 Å². The zero-order valence-corrected chi connectivity index (χ0v) is 27.1. The van der Waals surface area contributed by atoms with Crippen LogP contribution in [0.1, 0.15) is 0 Å². The van der Waals surface area contributed by atoms with E-state index in [-0.39, 0.29) is 0 Å². The first-order valence-electron chi connectivity index (χ1n) is 16.3. The molecule has 226 valence electrons. The number of hydrogen-bond acceptors (Lipinski definition) is 2. The van der Waals surface area contributed by atoms with Gasteiger partial charge in [-0.15, -0.1) is 11.3 Å². The van der Waals surface area contributed by atoms with Crippen molar-refractivity contribution in [3.63, 3.8) is 0 Å². The summed E-state index contributed by atoms with van der Waals surface area (Å²) in [5.41, 5.74) is 10.6. The molecule has 1 aromatic heterocycles. The summed E-state index contributed by atoms with van der Waals surface area (Å²) >= 11 is 1.87. The molecule has 0 saturated carbocycles. The first-order valence-corrected chi connectivity index (χ1v) is 17.2. The van der Waals surface area contributed by atoms with Crippen molar-refractivity contribution in [3.8, 4) is 33.4 Å². The molecular weight excluding hydrogens is 599 g/mol. The molecule has 0 unspecified atom stereocenters. The summed E-state index contributed by atoms with van der Waals surface area (Å²) in [6.07, 6.45) is 0. The Morgan fingerprint density at radius 2 is 0.833 bits per heavy atom. The van der Waals surface area contributed by atoms with Crippen LogP contribution in [0.3, 0.4) is 0 Å².